The number of carbonyl (C=O) groups is 1. The second kappa shape index (κ2) is 4.68. The fourth-order valence-electron chi connectivity index (χ4n) is 4.24. The summed E-state index contributed by atoms with van der Waals surface area (Å²) in [6.07, 6.45) is 8.46. The molecular formula is C14H23ClO. The smallest absolute Gasteiger partial charge is 0.221 e. The summed E-state index contributed by atoms with van der Waals surface area (Å²) < 4.78 is 0. The summed E-state index contributed by atoms with van der Waals surface area (Å²) in [5.74, 6) is 2.68. The molecule has 1 unspecified atom stereocenters. The summed E-state index contributed by atoms with van der Waals surface area (Å²) in [4.78, 5) is 10.8. The molecule has 1 atom stereocenters. The molecule has 3 aliphatic carbocycles. The van der Waals surface area contributed by atoms with Crippen molar-refractivity contribution in [1.82, 2.24) is 0 Å². The van der Waals surface area contributed by atoms with Gasteiger partial charge in [0.1, 0.15) is 0 Å². The maximum Gasteiger partial charge on any atom is 0.221 e. The Labute approximate surface area is 104 Å². The van der Waals surface area contributed by atoms with Gasteiger partial charge in [0.25, 0.3) is 0 Å². The molecule has 3 rings (SSSR count). The lowest BCUT2D eigenvalue weighted by Crippen LogP contribution is -2.46. The first kappa shape index (κ1) is 12.4. The SMILES string of the molecule is CC1(C)C2CCC(CC2)C1CCCC(=O)Cl. The van der Waals surface area contributed by atoms with Crippen LogP contribution in [-0.4, -0.2) is 5.24 Å². The highest BCUT2D eigenvalue weighted by atomic mass is 35.5. The maximum atomic E-state index is 10.8. The van der Waals surface area contributed by atoms with E-state index >= 15 is 0 Å². The van der Waals surface area contributed by atoms with Gasteiger partial charge in [-0.3, -0.25) is 4.79 Å². The van der Waals surface area contributed by atoms with E-state index in [9.17, 15) is 4.79 Å². The fraction of sp³-hybridized carbons (Fsp3) is 0.929. The van der Waals surface area contributed by atoms with Crippen LogP contribution in [0.2, 0.25) is 0 Å². The van der Waals surface area contributed by atoms with E-state index in [0.717, 1.165) is 24.2 Å². The van der Waals surface area contributed by atoms with E-state index in [2.05, 4.69) is 13.8 Å². The van der Waals surface area contributed by atoms with Gasteiger partial charge in [0.15, 0.2) is 0 Å². The van der Waals surface area contributed by atoms with Crippen molar-refractivity contribution < 1.29 is 4.79 Å². The normalized spacial score (nSPS) is 36.3. The second-order valence-electron chi connectivity index (χ2n) is 6.29. The van der Waals surface area contributed by atoms with Crippen LogP contribution in [0, 0.1) is 23.2 Å². The van der Waals surface area contributed by atoms with E-state index in [-0.39, 0.29) is 5.24 Å². The molecule has 0 aromatic heterocycles. The predicted octanol–water partition coefficient (Wildman–Crippen LogP) is 4.38. The van der Waals surface area contributed by atoms with Crippen LogP contribution in [0.5, 0.6) is 0 Å². The highest BCUT2D eigenvalue weighted by Gasteiger charge is 2.47. The van der Waals surface area contributed by atoms with Crippen molar-refractivity contribution in [2.75, 3.05) is 0 Å². The third-order valence-electron chi connectivity index (χ3n) is 5.24. The van der Waals surface area contributed by atoms with Crippen molar-refractivity contribution in [3.63, 3.8) is 0 Å². The standard InChI is InChI=1S/C14H23ClO/c1-14(2)11-8-6-10(7-9-11)12(14)4-3-5-13(15)16/h10-12H,3-9H2,1-2H3. The van der Waals surface area contributed by atoms with Gasteiger partial charge in [-0.05, 0) is 73.3 Å². The minimum atomic E-state index is -0.168. The topological polar surface area (TPSA) is 17.1 Å². The van der Waals surface area contributed by atoms with Gasteiger partial charge in [-0.15, -0.1) is 0 Å². The lowest BCUT2D eigenvalue weighted by atomic mass is 9.51. The summed E-state index contributed by atoms with van der Waals surface area (Å²) >= 11 is 5.41. The van der Waals surface area contributed by atoms with Gasteiger partial charge in [0, 0.05) is 6.42 Å². The Hall–Kier alpha value is -0.0400. The number of rotatable bonds is 4. The third-order valence-corrected chi connectivity index (χ3v) is 5.43. The Bertz CT molecular complexity index is 264. The first-order chi connectivity index (χ1) is 7.51. The first-order valence-corrected chi connectivity index (χ1v) is 7.08. The molecule has 0 aromatic carbocycles. The molecule has 0 aromatic rings. The van der Waals surface area contributed by atoms with Crippen LogP contribution in [0.1, 0.15) is 58.8 Å². The molecule has 16 heavy (non-hydrogen) atoms. The predicted molar refractivity (Wildman–Crippen MR) is 67.4 cm³/mol. The summed E-state index contributed by atoms with van der Waals surface area (Å²) in [5.41, 5.74) is 0.497. The van der Waals surface area contributed by atoms with E-state index in [1.54, 1.807) is 0 Å². The van der Waals surface area contributed by atoms with Crippen LogP contribution < -0.4 is 0 Å². The van der Waals surface area contributed by atoms with Gasteiger partial charge in [-0.1, -0.05) is 13.8 Å². The monoisotopic (exact) mass is 242 g/mol. The van der Waals surface area contributed by atoms with Crippen LogP contribution in [0.4, 0.5) is 0 Å². The first-order valence-electron chi connectivity index (χ1n) is 6.70. The van der Waals surface area contributed by atoms with Crippen LogP contribution in [0.3, 0.4) is 0 Å². The molecule has 2 heteroatoms. The van der Waals surface area contributed by atoms with Crippen molar-refractivity contribution in [3.8, 4) is 0 Å². The quantitative estimate of drug-likeness (QED) is 0.669. The van der Waals surface area contributed by atoms with Crippen LogP contribution >= 0.6 is 11.6 Å². The second-order valence-corrected chi connectivity index (χ2v) is 6.71. The Morgan fingerprint density at radius 3 is 2.38 bits per heavy atom. The average molecular weight is 243 g/mol. The molecule has 92 valence electrons. The van der Waals surface area contributed by atoms with Gasteiger partial charge >= 0.3 is 0 Å². The van der Waals surface area contributed by atoms with E-state index in [0.29, 0.717) is 11.8 Å². The number of halogens is 1. The summed E-state index contributed by atoms with van der Waals surface area (Å²) in [5, 5.41) is -0.168. The van der Waals surface area contributed by atoms with Crippen molar-refractivity contribution in [2.24, 2.45) is 23.2 Å². The fourth-order valence-corrected chi connectivity index (χ4v) is 4.38. The van der Waals surface area contributed by atoms with E-state index < -0.39 is 0 Å². The minimum absolute atomic E-state index is 0.168. The van der Waals surface area contributed by atoms with Crippen LogP contribution in [0.15, 0.2) is 0 Å². The molecule has 0 spiro atoms. The molecule has 0 saturated heterocycles. The zero-order valence-corrected chi connectivity index (χ0v) is 11.2. The van der Waals surface area contributed by atoms with Crippen LogP contribution in [-0.2, 0) is 4.79 Å². The van der Waals surface area contributed by atoms with Gasteiger partial charge in [-0.25, -0.2) is 0 Å². The van der Waals surface area contributed by atoms with Gasteiger partial charge in [-0.2, -0.15) is 0 Å². The summed E-state index contributed by atoms with van der Waals surface area (Å²) in [7, 11) is 0. The number of fused-ring (bicyclic) bond motifs is 3. The molecule has 0 N–H and O–H groups in total. The largest absolute Gasteiger partial charge is 0.281 e. The Morgan fingerprint density at radius 2 is 1.88 bits per heavy atom. The molecule has 3 saturated carbocycles. The summed E-state index contributed by atoms with van der Waals surface area (Å²) in [6.45, 7) is 4.88. The zero-order chi connectivity index (χ0) is 11.8. The van der Waals surface area contributed by atoms with Crippen molar-refractivity contribution in [1.29, 1.82) is 0 Å². The number of hydrogen-bond acceptors (Lipinski definition) is 1. The van der Waals surface area contributed by atoms with Crippen LogP contribution in [0.25, 0.3) is 0 Å². The van der Waals surface area contributed by atoms with Gasteiger partial charge in [0.05, 0.1) is 0 Å². The zero-order valence-electron chi connectivity index (χ0n) is 10.5. The molecule has 0 heterocycles. The van der Waals surface area contributed by atoms with E-state index in [1.807, 2.05) is 0 Å². The number of carbonyl (C=O) groups excluding carboxylic acids is 1. The Kier molecular flexibility index (Phi) is 3.63. The Balaban J connectivity index is 1.94. The highest BCUT2D eigenvalue weighted by Crippen LogP contribution is 2.57. The third kappa shape index (κ3) is 2.30. The van der Waals surface area contributed by atoms with E-state index in [1.165, 1.54) is 32.1 Å². The van der Waals surface area contributed by atoms with Crippen molar-refractivity contribution >= 4 is 16.8 Å². The molecule has 3 aliphatic rings. The highest BCUT2D eigenvalue weighted by molar-refractivity contribution is 6.63. The average Bonchev–Trinajstić information content (AvgIpc) is 2.22. The Morgan fingerprint density at radius 1 is 1.25 bits per heavy atom. The molecule has 0 radical (unpaired) electrons. The molecule has 0 aliphatic heterocycles. The minimum Gasteiger partial charge on any atom is -0.281 e. The summed E-state index contributed by atoms with van der Waals surface area (Å²) in [6, 6.07) is 0. The van der Waals surface area contributed by atoms with Crippen molar-refractivity contribution in [3.05, 3.63) is 0 Å². The molecule has 0 amide bonds. The maximum absolute atomic E-state index is 10.8. The lowest BCUT2D eigenvalue weighted by molar-refractivity contribution is -0.112. The molecule has 1 nitrogen and oxygen atoms in total. The van der Waals surface area contributed by atoms with Gasteiger partial charge < -0.3 is 0 Å². The molecule has 2 bridgehead atoms. The van der Waals surface area contributed by atoms with E-state index in [4.69, 9.17) is 11.6 Å². The lowest BCUT2D eigenvalue weighted by Gasteiger charge is -2.54. The number of hydrogen-bond donors (Lipinski definition) is 0. The molecular weight excluding hydrogens is 220 g/mol. The van der Waals surface area contributed by atoms with Crippen molar-refractivity contribution in [2.45, 2.75) is 58.8 Å². The molecule has 3 fully saturated rings. The van der Waals surface area contributed by atoms with Gasteiger partial charge in [0.2, 0.25) is 5.24 Å².